The summed E-state index contributed by atoms with van der Waals surface area (Å²) in [6, 6.07) is 14.1. The molecule has 122 valence electrons. The number of hydrogen-bond donors (Lipinski definition) is 1. The summed E-state index contributed by atoms with van der Waals surface area (Å²) < 4.78 is 5.83. The lowest BCUT2D eigenvalue weighted by molar-refractivity contribution is -0.119. The molecule has 1 heterocycles. The van der Waals surface area contributed by atoms with Crippen molar-refractivity contribution in [3.05, 3.63) is 63.5 Å². The number of esters is 1. The van der Waals surface area contributed by atoms with E-state index in [9.17, 15) is 9.59 Å². The first-order valence-corrected chi connectivity index (χ1v) is 8.51. The molecule has 3 rings (SSSR count). The fourth-order valence-electron chi connectivity index (χ4n) is 2.09. The van der Waals surface area contributed by atoms with Crippen LogP contribution in [0.4, 0.5) is 5.69 Å². The molecule has 0 aliphatic heterocycles. The molecular weight excluding hydrogens is 369 g/mol. The molecule has 24 heavy (non-hydrogen) atoms. The number of thiophene rings is 1. The number of rotatable bonds is 4. The van der Waals surface area contributed by atoms with Gasteiger partial charge < -0.3 is 10.1 Å². The van der Waals surface area contributed by atoms with E-state index in [0.29, 0.717) is 15.7 Å². The summed E-state index contributed by atoms with van der Waals surface area (Å²) in [6.07, 6.45) is 0. The second kappa shape index (κ2) is 7.21. The first-order chi connectivity index (χ1) is 11.5. The number of anilines is 1. The van der Waals surface area contributed by atoms with E-state index in [1.807, 2.05) is 6.07 Å². The van der Waals surface area contributed by atoms with Gasteiger partial charge in [-0.05, 0) is 24.3 Å². The lowest BCUT2D eigenvalue weighted by Crippen LogP contribution is -2.20. The molecule has 0 fully saturated rings. The summed E-state index contributed by atoms with van der Waals surface area (Å²) in [7, 11) is 0. The standard InChI is InChI=1S/C17H11Cl2NO3S/c18-10-6-7-12-13(8-10)24-16(15(12)19)17(22)23-9-14(21)20-11-4-2-1-3-5-11/h1-8H,9H2,(H,20,21). The highest BCUT2D eigenvalue weighted by molar-refractivity contribution is 7.21. The number of carbonyl (C=O) groups is 2. The Bertz CT molecular complexity index is 909. The van der Waals surface area contributed by atoms with Gasteiger partial charge in [0.05, 0.1) is 5.02 Å². The lowest BCUT2D eigenvalue weighted by Gasteiger charge is -2.05. The maximum atomic E-state index is 12.2. The second-order valence-corrected chi connectivity index (χ2v) is 6.74. The van der Waals surface area contributed by atoms with Crippen LogP contribution in [0.3, 0.4) is 0 Å². The fourth-order valence-corrected chi connectivity index (χ4v) is 3.76. The van der Waals surface area contributed by atoms with Gasteiger partial charge in [0.15, 0.2) is 6.61 Å². The fraction of sp³-hybridized carbons (Fsp3) is 0.0588. The normalized spacial score (nSPS) is 10.6. The van der Waals surface area contributed by atoms with Gasteiger partial charge in [0.1, 0.15) is 4.88 Å². The number of fused-ring (bicyclic) bond motifs is 1. The van der Waals surface area contributed by atoms with Crippen LogP contribution in [0.15, 0.2) is 48.5 Å². The Kier molecular flexibility index (Phi) is 5.04. The number of nitrogens with one attached hydrogen (secondary N) is 1. The maximum absolute atomic E-state index is 12.2. The number of benzene rings is 2. The third-order valence-electron chi connectivity index (χ3n) is 3.17. The summed E-state index contributed by atoms with van der Waals surface area (Å²) >= 11 is 13.3. The number of hydrogen-bond acceptors (Lipinski definition) is 4. The molecule has 1 aromatic heterocycles. The molecule has 1 amide bonds. The summed E-state index contributed by atoms with van der Waals surface area (Å²) in [6.45, 7) is -0.390. The van der Waals surface area contributed by atoms with Gasteiger partial charge in [-0.3, -0.25) is 4.79 Å². The lowest BCUT2D eigenvalue weighted by atomic mass is 10.2. The topological polar surface area (TPSA) is 55.4 Å². The van der Waals surface area contributed by atoms with Crippen LogP contribution in [0.2, 0.25) is 10.0 Å². The Morgan fingerprint density at radius 3 is 2.58 bits per heavy atom. The van der Waals surface area contributed by atoms with Gasteiger partial charge in [0.2, 0.25) is 0 Å². The minimum atomic E-state index is -0.638. The Labute approximate surface area is 151 Å². The molecule has 7 heteroatoms. The summed E-state index contributed by atoms with van der Waals surface area (Å²) in [5.74, 6) is -1.06. The Hall–Kier alpha value is -2.08. The van der Waals surface area contributed by atoms with E-state index in [1.54, 1.807) is 42.5 Å². The average Bonchev–Trinajstić information content (AvgIpc) is 2.90. The van der Waals surface area contributed by atoms with E-state index < -0.39 is 11.9 Å². The van der Waals surface area contributed by atoms with Crippen molar-refractivity contribution < 1.29 is 14.3 Å². The van der Waals surface area contributed by atoms with Crippen LogP contribution < -0.4 is 5.32 Å². The molecule has 0 bridgehead atoms. The number of ether oxygens (including phenoxy) is 1. The number of amides is 1. The van der Waals surface area contributed by atoms with E-state index in [2.05, 4.69) is 5.32 Å². The van der Waals surface area contributed by atoms with E-state index in [1.165, 1.54) is 11.3 Å². The number of para-hydroxylation sites is 1. The first-order valence-electron chi connectivity index (χ1n) is 6.94. The molecule has 0 saturated heterocycles. The third-order valence-corrected chi connectivity index (χ3v) is 5.04. The highest BCUT2D eigenvalue weighted by atomic mass is 35.5. The van der Waals surface area contributed by atoms with Crippen LogP contribution in [0, 0.1) is 0 Å². The molecule has 4 nitrogen and oxygen atoms in total. The zero-order valence-corrected chi connectivity index (χ0v) is 14.5. The van der Waals surface area contributed by atoms with Crippen LogP contribution in [0.1, 0.15) is 9.67 Å². The monoisotopic (exact) mass is 379 g/mol. The molecule has 0 atom stereocenters. The molecule has 2 aromatic carbocycles. The highest BCUT2D eigenvalue weighted by Crippen LogP contribution is 2.37. The molecule has 0 spiro atoms. The van der Waals surface area contributed by atoms with Crippen LogP contribution >= 0.6 is 34.5 Å². The predicted octanol–water partition coefficient (Wildman–Crippen LogP) is 5.00. The highest BCUT2D eigenvalue weighted by Gasteiger charge is 2.19. The second-order valence-electron chi connectivity index (χ2n) is 4.88. The van der Waals surface area contributed by atoms with Crippen molar-refractivity contribution in [2.75, 3.05) is 11.9 Å². The summed E-state index contributed by atoms with van der Waals surface area (Å²) in [5, 5.41) is 4.23. The average molecular weight is 380 g/mol. The van der Waals surface area contributed by atoms with Gasteiger partial charge in [-0.15, -0.1) is 11.3 Å². The largest absolute Gasteiger partial charge is 0.451 e. The summed E-state index contributed by atoms with van der Waals surface area (Å²) in [5.41, 5.74) is 0.632. The van der Waals surface area contributed by atoms with Gasteiger partial charge in [0.25, 0.3) is 5.91 Å². The van der Waals surface area contributed by atoms with Crippen molar-refractivity contribution in [3.8, 4) is 0 Å². The third kappa shape index (κ3) is 3.70. The molecule has 3 aromatic rings. The van der Waals surface area contributed by atoms with Gasteiger partial charge >= 0.3 is 5.97 Å². The molecule has 0 saturated carbocycles. The van der Waals surface area contributed by atoms with Crippen molar-refractivity contribution >= 4 is 62.2 Å². The minimum absolute atomic E-state index is 0.251. The van der Waals surface area contributed by atoms with Crippen molar-refractivity contribution in [1.82, 2.24) is 0 Å². The van der Waals surface area contributed by atoms with Crippen molar-refractivity contribution in [1.29, 1.82) is 0 Å². The van der Waals surface area contributed by atoms with Crippen molar-refractivity contribution in [2.45, 2.75) is 0 Å². The molecule has 0 radical (unpaired) electrons. The van der Waals surface area contributed by atoms with Gasteiger partial charge in [-0.2, -0.15) is 0 Å². The Morgan fingerprint density at radius 1 is 1.08 bits per heavy atom. The van der Waals surface area contributed by atoms with E-state index in [4.69, 9.17) is 27.9 Å². The van der Waals surface area contributed by atoms with E-state index in [-0.39, 0.29) is 11.5 Å². The molecule has 0 aliphatic carbocycles. The minimum Gasteiger partial charge on any atom is -0.451 e. The quantitative estimate of drug-likeness (QED) is 0.648. The van der Waals surface area contributed by atoms with Gasteiger partial charge in [-0.25, -0.2) is 4.79 Å². The van der Waals surface area contributed by atoms with Crippen LogP contribution in [-0.2, 0) is 9.53 Å². The van der Waals surface area contributed by atoms with E-state index in [0.717, 1.165) is 10.1 Å². The molecule has 0 aliphatic rings. The van der Waals surface area contributed by atoms with Crippen LogP contribution in [0.5, 0.6) is 0 Å². The zero-order chi connectivity index (χ0) is 17.1. The molecular formula is C17H11Cl2NO3S. The van der Waals surface area contributed by atoms with Crippen molar-refractivity contribution in [2.24, 2.45) is 0 Å². The number of halogens is 2. The Balaban J connectivity index is 1.67. The molecule has 1 N–H and O–H groups in total. The predicted molar refractivity (Wildman–Crippen MR) is 97.2 cm³/mol. The number of carbonyl (C=O) groups excluding carboxylic acids is 2. The SMILES string of the molecule is O=C(COC(=O)c1sc2cc(Cl)ccc2c1Cl)Nc1ccccc1. The maximum Gasteiger partial charge on any atom is 0.350 e. The van der Waals surface area contributed by atoms with Crippen LogP contribution in [0.25, 0.3) is 10.1 Å². The zero-order valence-electron chi connectivity index (χ0n) is 12.2. The van der Waals surface area contributed by atoms with Gasteiger partial charge in [0, 0.05) is 20.8 Å². The smallest absolute Gasteiger partial charge is 0.350 e. The summed E-state index contributed by atoms with van der Waals surface area (Å²) in [4.78, 5) is 24.2. The first kappa shape index (κ1) is 16.8. The van der Waals surface area contributed by atoms with Crippen molar-refractivity contribution in [3.63, 3.8) is 0 Å². The van der Waals surface area contributed by atoms with Gasteiger partial charge in [-0.1, -0.05) is 47.5 Å². The van der Waals surface area contributed by atoms with E-state index >= 15 is 0 Å². The molecule has 0 unspecified atom stereocenters. The van der Waals surface area contributed by atoms with Crippen LogP contribution in [-0.4, -0.2) is 18.5 Å². The Morgan fingerprint density at radius 2 is 1.83 bits per heavy atom.